The largest absolute Gasteiger partial charge is 0.470 e. The van der Waals surface area contributed by atoms with Gasteiger partial charge in [-0.15, -0.1) is 0 Å². The van der Waals surface area contributed by atoms with Gasteiger partial charge in [-0.1, -0.05) is 6.92 Å². The van der Waals surface area contributed by atoms with Gasteiger partial charge in [-0.05, 0) is 6.42 Å². The Bertz CT molecular complexity index is 401. The average Bonchev–Trinajstić information content (AvgIpc) is 2.37. The minimum Gasteiger partial charge on any atom is -0.470 e. The minimum atomic E-state index is -0.655. The Kier molecular flexibility index (Phi) is 5.74. The van der Waals surface area contributed by atoms with Crippen molar-refractivity contribution in [3.8, 4) is 5.88 Å². The summed E-state index contributed by atoms with van der Waals surface area (Å²) in [6, 6.07) is 0. The van der Waals surface area contributed by atoms with Crippen LogP contribution in [-0.4, -0.2) is 34.7 Å². The molecule has 0 saturated heterocycles. The molecule has 0 fully saturated rings. The summed E-state index contributed by atoms with van der Waals surface area (Å²) in [5.74, 6) is 4.89. The maximum Gasteiger partial charge on any atom is 0.374 e. The second-order valence-electron chi connectivity index (χ2n) is 3.24. The number of nitrogens with two attached hydrogens (primary N) is 1. The Morgan fingerprint density at radius 1 is 1.44 bits per heavy atom. The SMILES string of the molecule is CCCOCCOc1ncnc(NN)c1[N+](=O)[O-]. The van der Waals surface area contributed by atoms with Gasteiger partial charge in [-0.3, -0.25) is 10.1 Å². The van der Waals surface area contributed by atoms with E-state index in [2.05, 4.69) is 15.4 Å². The van der Waals surface area contributed by atoms with Crippen LogP contribution in [0, 0.1) is 10.1 Å². The van der Waals surface area contributed by atoms with Crippen LogP contribution in [0.3, 0.4) is 0 Å². The lowest BCUT2D eigenvalue weighted by atomic mass is 10.4. The van der Waals surface area contributed by atoms with Gasteiger partial charge in [0.15, 0.2) is 0 Å². The molecule has 1 rings (SSSR count). The number of hydrogen-bond acceptors (Lipinski definition) is 8. The molecule has 100 valence electrons. The number of anilines is 1. The van der Waals surface area contributed by atoms with Gasteiger partial charge in [0.05, 0.1) is 11.5 Å². The molecule has 0 aliphatic carbocycles. The maximum atomic E-state index is 10.9. The molecule has 0 amide bonds. The Balaban J connectivity index is 2.67. The molecule has 1 aromatic rings. The molecule has 1 aromatic heterocycles. The first-order valence-electron chi connectivity index (χ1n) is 5.37. The summed E-state index contributed by atoms with van der Waals surface area (Å²) >= 11 is 0. The number of hydrazine groups is 1. The van der Waals surface area contributed by atoms with Gasteiger partial charge in [0, 0.05) is 6.61 Å². The summed E-state index contributed by atoms with van der Waals surface area (Å²) in [5, 5.41) is 10.9. The normalized spacial score (nSPS) is 10.1. The molecule has 1 heterocycles. The van der Waals surface area contributed by atoms with Crippen molar-refractivity contribution in [2.75, 3.05) is 25.2 Å². The van der Waals surface area contributed by atoms with E-state index in [4.69, 9.17) is 15.3 Å². The van der Waals surface area contributed by atoms with Crippen LogP contribution < -0.4 is 16.0 Å². The van der Waals surface area contributed by atoms with E-state index >= 15 is 0 Å². The molecule has 0 spiro atoms. The highest BCUT2D eigenvalue weighted by Gasteiger charge is 2.23. The quantitative estimate of drug-likeness (QED) is 0.298. The second-order valence-corrected chi connectivity index (χ2v) is 3.24. The number of hydrogen-bond donors (Lipinski definition) is 2. The molecule has 0 saturated carbocycles. The topological polar surface area (TPSA) is 125 Å². The van der Waals surface area contributed by atoms with Crippen LogP contribution in [0.1, 0.15) is 13.3 Å². The lowest BCUT2D eigenvalue weighted by Gasteiger charge is -2.07. The fourth-order valence-electron chi connectivity index (χ4n) is 1.18. The van der Waals surface area contributed by atoms with Gasteiger partial charge in [0.1, 0.15) is 12.9 Å². The third-order valence-electron chi connectivity index (χ3n) is 1.92. The zero-order chi connectivity index (χ0) is 13.4. The predicted molar refractivity (Wildman–Crippen MR) is 63.1 cm³/mol. The summed E-state index contributed by atoms with van der Waals surface area (Å²) in [7, 11) is 0. The van der Waals surface area contributed by atoms with Gasteiger partial charge >= 0.3 is 5.69 Å². The summed E-state index contributed by atoms with van der Waals surface area (Å²) in [5.41, 5.74) is 1.73. The monoisotopic (exact) mass is 257 g/mol. The zero-order valence-corrected chi connectivity index (χ0v) is 9.96. The van der Waals surface area contributed by atoms with E-state index in [9.17, 15) is 10.1 Å². The molecule has 0 unspecified atom stereocenters. The summed E-state index contributed by atoms with van der Waals surface area (Å²) in [6.07, 6.45) is 2.03. The molecule has 9 heteroatoms. The van der Waals surface area contributed by atoms with Crippen molar-refractivity contribution in [2.45, 2.75) is 13.3 Å². The molecule has 9 nitrogen and oxygen atoms in total. The average molecular weight is 257 g/mol. The van der Waals surface area contributed by atoms with Crippen LogP contribution in [0.5, 0.6) is 5.88 Å². The van der Waals surface area contributed by atoms with Crippen LogP contribution in [0.25, 0.3) is 0 Å². The van der Waals surface area contributed by atoms with Crippen LogP contribution in [0.4, 0.5) is 11.5 Å². The lowest BCUT2D eigenvalue weighted by molar-refractivity contribution is -0.385. The van der Waals surface area contributed by atoms with Crippen molar-refractivity contribution in [1.82, 2.24) is 9.97 Å². The number of nitrogen functional groups attached to an aromatic ring is 1. The highest BCUT2D eigenvalue weighted by atomic mass is 16.6. The molecular formula is C9H15N5O4. The maximum absolute atomic E-state index is 10.9. The van der Waals surface area contributed by atoms with E-state index in [0.717, 1.165) is 12.7 Å². The highest BCUT2D eigenvalue weighted by Crippen LogP contribution is 2.29. The van der Waals surface area contributed by atoms with Crippen LogP contribution >= 0.6 is 0 Å². The second kappa shape index (κ2) is 7.35. The van der Waals surface area contributed by atoms with Gasteiger partial charge in [-0.2, -0.15) is 4.98 Å². The highest BCUT2D eigenvalue weighted by molar-refractivity contribution is 5.60. The Morgan fingerprint density at radius 2 is 2.22 bits per heavy atom. The van der Waals surface area contributed by atoms with Crippen molar-refractivity contribution < 1.29 is 14.4 Å². The van der Waals surface area contributed by atoms with E-state index < -0.39 is 10.6 Å². The van der Waals surface area contributed by atoms with Crippen molar-refractivity contribution in [3.05, 3.63) is 16.4 Å². The molecule has 18 heavy (non-hydrogen) atoms. The molecule has 0 radical (unpaired) electrons. The first-order valence-corrected chi connectivity index (χ1v) is 5.37. The summed E-state index contributed by atoms with van der Waals surface area (Å²) in [4.78, 5) is 17.5. The van der Waals surface area contributed by atoms with Crippen LogP contribution in [-0.2, 0) is 4.74 Å². The standard InChI is InChI=1S/C9H15N5O4/c1-2-3-17-4-5-18-9-7(14(15)16)8(13-10)11-6-12-9/h6H,2-5,10H2,1H3,(H,11,12,13). The fraction of sp³-hybridized carbons (Fsp3) is 0.556. The van der Waals surface area contributed by atoms with Gasteiger partial charge in [-0.25, -0.2) is 10.8 Å². The number of nitrogens with zero attached hydrogens (tertiary/aromatic N) is 3. The Morgan fingerprint density at radius 3 is 2.83 bits per heavy atom. The van der Waals surface area contributed by atoms with Crippen molar-refractivity contribution >= 4 is 11.5 Å². The van der Waals surface area contributed by atoms with E-state index in [1.54, 1.807) is 0 Å². The van der Waals surface area contributed by atoms with E-state index in [-0.39, 0.29) is 18.3 Å². The smallest absolute Gasteiger partial charge is 0.374 e. The molecule has 0 atom stereocenters. The first kappa shape index (κ1) is 14.1. The number of rotatable bonds is 8. The molecular weight excluding hydrogens is 242 g/mol. The van der Waals surface area contributed by atoms with Gasteiger partial charge in [0.25, 0.3) is 5.88 Å². The fourth-order valence-corrected chi connectivity index (χ4v) is 1.18. The summed E-state index contributed by atoms with van der Waals surface area (Å²) < 4.78 is 10.4. The predicted octanol–water partition coefficient (Wildman–Crippen LogP) is 0.476. The van der Waals surface area contributed by atoms with Gasteiger partial charge in [0.2, 0.25) is 5.82 Å². The van der Waals surface area contributed by atoms with Crippen LogP contribution in [0.15, 0.2) is 6.33 Å². The van der Waals surface area contributed by atoms with Gasteiger partial charge < -0.3 is 14.9 Å². The van der Waals surface area contributed by atoms with E-state index in [0.29, 0.717) is 13.2 Å². The van der Waals surface area contributed by atoms with E-state index in [1.165, 1.54) is 0 Å². The zero-order valence-electron chi connectivity index (χ0n) is 9.96. The number of nitrogens with one attached hydrogen (secondary N) is 1. The lowest BCUT2D eigenvalue weighted by Crippen LogP contribution is -2.14. The molecule has 3 N–H and O–H groups in total. The Labute approximate surface area is 103 Å². The molecule has 0 bridgehead atoms. The van der Waals surface area contributed by atoms with Crippen LogP contribution in [0.2, 0.25) is 0 Å². The number of nitro groups is 1. The third kappa shape index (κ3) is 3.79. The third-order valence-corrected chi connectivity index (χ3v) is 1.92. The van der Waals surface area contributed by atoms with E-state index in [1.807, 2.05) is 6.92 Å². The number of ether oxygens (including phenoxy) is 2. The molecule has 0 aliphatic rings. The number of aromatic nitrogens is 2. The summed E-state index contributed by atoms with van der Waals surface area (Å²) in [6.45, 7) is 3.10. The Hall–Kier alpha value is -2.00. The minimum absolute atomic E-state index is 0.0977. The molecule has 0 aliphatic heterocycles. The first-order chi connectivity index (χ1) is 8.70. The molecule has 0 aromatic carbocycles. The van der Waals surface area contributed by atoms with Crippen molar-refractivity contribution in [2.24, 2.45) is 5.84 Å². The van der Waals surface area contributed by atoms with Crippen molar-refractivity contribution in [1.29, 1.82) is 0 Å². The van der Waals surface area contributed by atoms with Crippen molar-refractivity contribution in [3.63, 3.8) is 0 Å².